The first-order chi connectivity index (χ1) is 7.38. The molecule has 0 radical (unpaired) electrons. The van der Waals surface area contributed by atoms with Crippen LogP contribution >= 0.6 is 11.8 Å². The van der Waals surface area contributed by atoms with E-state index in [2.05, 4.69) is 5.32 Å². The second kappa shape index (κ2) is 7.38. The van der Waals surface area contributed by atoms with Crippen molar-refractivity contribution in [1.29, 1.82) is 0 Å². The molecule has 0 aromatic heterocycles. The van der Waals surface area contributed by atoms with Crippen molar-refractivity contribution in [3.63, 3.8) is 0 Å². The summed E-state index contributed by atoms with van der Waals surface area (Å²) in [5.41, 5.74) is 0. The van der Waals surface area contributed by atoms with Crippen LogP contribution in [0.4, 0.5) is 4.79 Å². The van der Waals surface area contributed by atoms with E-state index >= 15 is 0 Å². The molecule has 0 aliphatic heterocycles. The first-order valence-corrected chi connectivity index (χ1v) is 6.52. The van der Waals surface area contributed by atoms with Gasteiger partial charge in [0, 0.05) is 24.9 Å². The predicted molar refractivity (Wildman–Crippen MR) is 65.9 cm³/mol. The Morgan fingerprint density at radius 3 is 2.44 bits per heavy atom. The highest BCUT2D eigenvalue weighted by Crippen LogP contribution is 2.04. The number of amides is 2. The van der Waals surface area contributed by atoms with Crippen molar-refractivity contribution in [3.8, 4) is 0 Å². The third-order valence-electron chi connectivity index (χ3n) is 2.24. The molecule has 0 heterocycles. The van der Waals surface area contributed by atoms with E-state index in [-0.39, 0.29) is 24.5 Å². The van der Waals surface area contributed by atoms with Gasteiger partial charge in [0.15, 0.2) is 0 Å². The Morgan fingerprint density at radius 1 is 1.44 bits per heavy atom. The maximum Gasteiger partial charge on any atom is 0.317 e. The zero-order valence-corrected chi connectivity index (χ0v) is 11.0. The first kappa shape index (κ1) is 15.1. The van der Waals surface area contributed by atoms with Gasteiger partial charge in [-0.05, 0) is 20.1 Å². The molecule has 0 bridgehead atoms. The van der Waals surface area contributed by atoms with Crippen molar-refractivity contribution in [3.05, 3.63) is 0 Å². The normalized spacial score (nSPS) is 14.0. The molecule has 0 aromatic rings. The molecule has 2 atom stereocenters. The fourth-order valence-corrected chi connectivity index (χ4v) is 1.88. The first-order valence-electron chi connectivity index (χ1n) is 5.12. The Bertz CT molecular complexity index is 248. The predicted octanol–water partition coefficient (Wildman–Crippen LogP) is 1.24. The molecule has 0 aromatic carbocycles. The summed E-state index contributed by atoms with van der Waals surface area (Å²) in [6.45, 7) is 3.64. The fourth-order valence-electron chi connectivity index (χ4n) is 1.18. The van der Waals surface area contributed by atoms with Gasteiger partial charge < -0.3 is 15.3 Å². The van der Waals surface area contributed by atoms with Crippen LogP contribution in [0.1, 0.15) is 20.3 Å². The minimum Gasteiger partial charge on any atom is -0.481 e. The van der Waals surface area contributed by atoms with Crippen molar-refractivity contribution in [1.82, 2.24) is 10.2 Å². The standard InChI is InChI=1S/C10H20N2O3S/c1-7(5-9(13)14)11-10(15)12(3)8(2)6-16-4/h7-8H,5-6H2,1-4H3,(H,11,15)(H,13,14). The molecule has 0 spiro atoms. The van der Waals surface area contributed by atoms with Crippen LogP contribution in [0.3, 0.4) is 0 Å². The van der Waals surface area contributed by atoms with Crippen LogP contribution < -0.4 is 5.32 Å². The SMILES string of the molecule is CSCC(C)N(C)C(=O)NC(C)CC(=O)O. The lowest BCUT2D eigenvalue weighted by molar-refractivity contribution is -0.137. The molecular formula is C10H20N2O3S. The van der Waals surface area contributed by atoms with Gasteiger partial charge in [0.1, 0.15) is 0 Å². The van der Waals surface area contributed by atoms with E-state index in [0.29, 0.717) is 0 Å². The van der Waals surface area contributed by atoms with Gasteiger partial charge in [0.05, 0.1) is 6.42 Å². The van der Waals surface area contributed by atoms with Gasteiger partial charge in [0.25, 0.3) is 0 Å². The molecule has 0 saturated carbocycles. The number of carbonyl (C=O) groups excluding carboxylic acids is 1. The number of rotatable bonds is 6. The van der Waals surface area contributed by atoms with Crippen molar-refractivity contribution >= 4 is 23.8 Å². The highest BCUT2D eigenvalue weighted by Gasteiger charge is 2.17. The largest absolute Gasteiger partial charge is 0.481 e. The molecule has 0 aliphatic carbocycles. The van der Waals surface area contributed by atoms with Gasteiger partial charge in [-0.3, -0.25) is 4.79 Å². The zero-order valence-electron chi connectivity index (χ0n) is 10.2. The number of carboxylic acid groups (broad SMARTS) is 1. The Kier molecular flexibility index (Phi) is 6.96. The Hall–Kier alpha value is -0.910. The molecule has 2 amide bonds. The van der Waals surface area contributed by atoms with Crippen LogP contribution in [0.2, 0.25) is 0 Å². The summed E-state index contributed by atoms with van der Waals surface area (Å²) < 4.78 is 0. The number of hydrogen-bond donors (Lipinski definition) is 2. The van der Waals surface area contributed by atoms with Crippen LogP contribution in [0.15, 0.2) is 0 Å². The number of carbonyl (C=O) groups is 2. The van der Waals surface area contributed by atoms with E-state index in [0.717, 1.165) is 5.75 Å². The van der Waals surface area contributed by atoms with E-state index in [1.54, 1.807) is 30.6 Å². The number of carboxylic acids is 1. The van der Waals surface area contributed by atoms with Crippen molar-refractivity contribution in [2.75, 3.05) is 19.1 Å². The number of thioether (sulfide) groups is 1. The summed E-state index contributed by atoms with van der Waals surface area (Å²) >= 11 is 1.67. The van der Waals surface area contributed by atoms with Crippen LogP contribution in [0.5, 0.6) is 0 Å². The smallest absolute Gasteiger partial charge is 0.317 e. The molecule has 0 rings (SSSR count). The maximum absolute atomic E-state index is 11.7. The quantitative estimate of drug-likeness (QED) is 0.742. The Morgan fingerprint density at radius 2 is 2.00 bits per heavy atom. The molecule has 0 saturated heterocycles. The van der Waals surface area contributed by atoms with E-state index in [1.807, 2.05) is 13.2 Å². The van der Waals surface area contributed by atoms with E-state index in [4.69, 9.17) is 5.11 Å². The Balaban J connectivity index is 4.08. The molecule has 0 fully saturated rings. The molecule has 2 N–H and O–H groups in total. The average Bonchev–Trinajstić information content (AvgIpc) is 2.15. The van der Waals surface area contributed by atoms with Gasteiger partial charge in [-0.25, -0.2) is 4.79 Å². The van der Waals surface area contributed by atoms with E-state index in [1.165, 1.54) is 0 Å². The summed E-state index contributed by atoms with van der Waals surface area (Å²) in [7, 11) is 1.71. The third-order valence-corrected chi connectivity index (χ3v) is 3.06. The lowest BCUT2D eigenvalue weighted by atomic mass is 10.2. The van der Waals surface area contributed by atoms with Gasteiger partial charge in [0.2, 0.25) is 0 Å². The second-order valence-electron chi connectivity index (χ2n) is 3.86. The lowest BCUT2D eigenvalue weighted by Crippen LogP contribution is -2.46. The van der Waals surface area contributed by atoms with Gasteiger partial charge in [-0.2, -0.15) is 11.8 Å². The highest BCUT2D eigenvalue weighted by atomic mass is 32.2. The van der Waals surface area contributed by atoms with Crippen LogP contribution in [-0.2, 0) is 4.79 Å². The van der Waals surface area contributed by atoms with Crippen LogP contribution in [-0.4, -0.2) is 53.1 Å². The lowest BCUT2D eigenvalue weighted by Gasteiger charge is -2.26. The van der Waals surface area contributed by atoms with E-state index in [9.17, 15) is 9.59 Å². The molecule has 5 nitrogen and oxygen atoms in total. The number of aliphatic carboxylic acids is 1. The molecule has 94 valence electrons. The maximum atomic E-state index is 11.7. The topological polar surface area (TPSA) is 69.6 Å². The summed E-state index contributed by atoms with van der Waals surface area (Å²) in [6, 6.07) is -0.448. The minimum atomic E-state index is -0.910. The summed E-state index contributed by atoms with van der Waals surface area (Å²) in [4.78, 5) is 23.7. The van der Waals surface area contributed by atoms with Crippen molar-refractivity contribution < 1.29 is 14.7 Å². The molecule has 0 aliphatic rings. The number of nitrogens with one attached hydrogen (secondary N) is 1. The summed E-state index contributed by atoms with van der Waals surface area (Å²) in [5.74, 6) is -0.0513. The van der Waals surface area contributed by atoms with Crippen molar-refractivity contribution in [2.45, 2.75) is 32.4 Å². The fraction of sp³-hybridized carbons (Fsp3) is 0.800. The van der Waals surface area contributed by atoms with Gasteiger partial charge in [-0.1, -0.05) is 0 Å². The van der Waals surface area contributed by atoms with Gasteiger partial charge in [-0.15, -0.1) is 0 Å². The summed E-state index contributed by atoms with van der Waals surface area (Å²) in [5, 5.41) is 11.2. The molecule has 16 heavy (non-hydrogen) atoms. The van der Waals surface area contributed by atoms with Crippen molar-refractivity contribution in [2.24, 2.45) is 0 Å². The molecule has 2 unspecified atom stereocenters. The van der Waals surface area contributed by atoms with Crippen LogP contribution in [0, 0.1) is 0 Å². The minimum absolute atomic E-state index is 0.0590. The average molecular weight is 248 g/mol. The summed E-state index contributed by atoms with van der Waals surface area (Å²) in [6.07, 6.45) is 1.92. The third kappa shape index (κ3) is 5.85. The van der Waals surface area contributed by atoms with Crippen LogP contribution in [0.25, 0.3) is 0 Å². The number of urea groups is 1. The zero-order chi connectivity index (χ0) is 12.7. The molecular weight excluding hydrogens is 228 g/mol. The van der Waals surface area contributed by atoms with E-state index < -0.39 is 5.97 Å². The highest BCUT2D eigenvalue weighted by molar-refractivity contribution is 7.98. The second-order valence-corrected chi connectivity index (χ2v) is 4.77. The van der Waals surface area contributed by atoms with Gasteiger partial charge >= 0.3 is 12.0 Å². The number of nitrogens with zero attached hydrogens (tertiary/aromatic N) is 1. The monoisotopic (exact) mass is 248 g/mol. The number of hydrogen-bond acceptors (Lipinski definition) is 3. The molecule has 6 heteroatoms. The Labute approximate surface area is 101 Å².